The largest absolute Gasteiger partial charge is 0.325 e. The van der Waals surface area contributed by atoms with Crippen LogP contribution in [0.25, 0.3) is 0 Å². The Labute approximate surface area is 83.5 Å². The summed E-state index contributed by atoms with van der Waals surface area (Å²) in [5.41, 5.74) is -0.514. The van der Waals surface area contributed by atoms with Gasteiger partial charge in [0.05, 0.1) is 0 Å². The van der Waals surface area contributed by atoms with E-state index in [0.29, 0.717) is 10.2 Å². The summed E-state index contributed by atoms with van der Waals surface area (Å²) in [6, 6.07) is 0. The van der Waals surface area contributed by atoms with E-state index in [0.717, 1.165) is 0 Å². The zero-order valence-corrected chi connectivity index (χ0v) is 9.28. The average molecular weight is 247 g/mol. The lowest BCUT2D eigenvalue weighted by Gasteiger charge is -2.18. The molecule has 0 saturated carbocycles. The quantitative estimate of drug-likeness (QED) is 0.721. The lowest BCUT2D eigenvalue weighted by molar-refractivity contribution is 0.558. The summed E-state index contributed by atoms with van der Waals surface area (Å²) >= 11 is 3.14. The first-order chi connectivity index (χ1) is 5.82. The Morgan fingerprint density at radius 3 is 2.15 bits per heavy atom. The predicted molar refractivity (Wildman–Crippen MR) is 54.1 cm³/mol. The standard InChI is InChI=1S/C8H11BrN2O2/c1-8(2,3)5-4(9)6(12)11-7(13)10-5/h1-3H3,(H2,10,11,12,13). The van der Waals surface area contributed by atoms with E-state index in [1.54, 1.807) is 0 Å². The third kappa shape index (κ3) is 2.09. The fourth-order valence-electron chi connectivity index (χ4n) is 0.988. The van der Waals surface area contributed by atoms with Crippen LogP contribution in [0.5, 0.6) is 0 Å². The summed E-state index contributed by atoms with van der Waals surface area (Å²) in [6.07, 6.45) is 0. The Hall–Kier alpha value is -0.840. The van der Waals surface area contributed by atoms with Crippen LogP contribution in [0.15, 0.2) is 14.1 Å². The second-order valence-electron chi connectivity index (χ2n) is 3.85. The summed E-state index contributed by atoms with van der Waals surface area (Å²) in [6.45, 7) is 5.76. The maximum absolute atomic E-state index is 11.2. The Balaban J connectivity index is 3.56. The molecule has 0 aliphatic carbocycles. The number of aromatic amines is 2. The number of hydrogen-bond donors (Lipinski definition) is 2. The molecule has 0 aliphatic heterocycles. The molecule has 72 valence electrons. The van der Waals surface area contributed by atoms with E-state index in [9.17, 15) is 9.59 Å². The Morgan fingerprint density at radius 2 is 1.69 bits per heavy atom. The van der Waals surface area contributed by atoms with E-state index in [1.165, 1.54) is 0 Å². The molecule has 0 radical (unpaired) electrons. The second kappa shape index (κ2) is 3.14. The van der Waals surface area contributed by atoms with Crippen LogP contribution >= 0.6 is 15.9 Å². The summed E-state index contributed by atoms with van der Waals surface area (Å²) < 4.78 is 0.389. The molecule has 1 rings (SSSR count). The molecule has 4 nitrogen and oxygen atoms in total. The van der Waals surface area contributed by atoms with E-state index in [2.05, 4.69) is 25.9 Å². The van der Waals surface area contributed by atoms with Gasteiger partial charge in [0.15, 0.2) is 0 Å². The van der Waals surface area contributed by atoms with Gasteiger partial charge in [0, 0.05) is 11.1 Å². The van der Waals surface area contributed by atoms with Crippen LogP contribution in [0, 0.1) is 0 Å². The Kier molecular flexibility index (Phi) is 2.47. The highest BCUT2D eigenvalue weighted by Gasteiger charge is 2.20. The van der Waals surface area contributed by atoms with Crippen LogP contribution in [0.4, 0.5) is 0 Å². The van der Waals surface area contributed by atoms with Gasteiger partial charge in [-0.3, -0.25) is 9.78 Å². The number of halogens is 1. The molecule has 0 atom stereocenters. The normalized spacial score (nSPS) is 11.7. The van der Waals surface area contributed by atoms with E-state index in [1.807, 2.05) is 20.8 Å². The molecule has 0 fully saturated rings. The minimum atomic E-state index is -0.474. The van der Waals surface area contributed by atoms with Crippen molar-refractivity contribution in [3.63, 3.8) is 0 Å². The van der Waals surface area contributed by atoms with Crippen molar-refractivity contribution in [3.05, 3.63) is 31.0 Å². The fraction of sp³-hybridized carbons (Fsp3) is 0.500. The van der Waals surface area contributed by atoms with E-state index in [4.69, 9.17) is 0 Å². The zero-order valence-electron chi connectivity index (χ0n) is 7.69. The van der Waals surface area contributed by atoms with Crippen LogP contribution in [0.1, 0.15) is 26.5 Å². The Morgan fingerprint density at radius 1 is 1.15 bits per heavy atom. The lowest BCUT2D eigenvalue weighted by atomic mass is 9.92. The fourth-order valence-corrected chi connectivity index (χ4v) is 1.78. The number of aromatic nitrogens is 2. The van der Waals surface area contributed by atoms with Gasteiger partial charge in [0.2, 0.25) is 0 Å². The molecule has 0 amide bonds. The van der Waals surface area contributed by atoms with E-state index < -0.39 is 11.2 Å². The van der Waals surface area contributed by atoms with Gasteiger partial charge < -0.3 is 4.98 Å². The summed E-state index contributed by atoms with van der Waals surface area (Å²) in [4.78, 5) is 26.9. The number of rotatable bonds is 0. The third-order valence-corrected chi connectivity index (χ3v) is 2.39. The van der Waals surface area contributed by atoms with Gasteiger partial charge in [0.1, 0.15) is 4.47 Å². The van der Waals surface area contributed by atoms with Gasteiger partial charge in [-0.1, -0.05) is 20.8 Å². The van der Waals surface area contributed by atoms with Crippen molar-refractivity contribution >= 4 is 15.9 Å². The molecule has 0 spiro atoms. The molecular formula is C8H11BrN2O2. The highest BCUT2D eigenvalue weighted by atomic mass is 79.9. The van der Waals surface area contributed by atoms with E-state index in [-0.39, 0.29) is 5.41 Å². The molecule has 1 aromatic rings. The zero-order chi connectivity index (χ0) is 10.2. The van der Waals surface area contributed by atoms with Crippen molar-refractivity contribution < 1.29 is 0 Å². The first-order valence-corrected chi connectivity index (χ1v) is 4.64. The molecule has 0 bridgehead atoms. The molecule has 1 heterocycles. The third-order valence-electron chi connectivity index (χ3n) is 1.63. The number of nitrogens with one attached hydrogen (secondary N) is 2. The van der Waals surface area contributed by atoms with Crippen LogP contribution in [0.3, 0.4) is 0 Å². The second-order valence-corrected chi connectivity index (χ2v) is 4.64. The summed E-state index contributed by atoms with van der Waals surface area (Å²) in [5, 5.41) is 0. The minimum absolute atomic E-state index is 0.258. The molecule has 13 heavy (non-hydrogen) atoms. The van der Waals surface area contributed by atoms with Crippen molar-refractivity contribution in [2.45, 2.75) is 26.2 Å². The Bertz CT molecular complexity index is 425. The van der Waals surface area contributed by atoms with Crippen LogP contribution in [-0.2, 0) is 5.41 Å². The van der Waals surface area contributed by atoms with Crippen LogP contribution in [-0.4, -0.2) is 9.97 Å². The molecule has 0 aliphatic rings. The van der Waals surface area contributed by atoms with Crippen molar-refractivity contribution in [3.8, 4) is 0 Å². The monoisotopic (exact) mass is 246 g/mol. The van der Waals surface area contributed by atoms with Crippen molar-refractivity contribution in [1.82, 2.24) is 9.97 Å². The summed E-state index contributed by atoms with van der Waals surface area (Å²) in [5.74, 6) is 0. The molecule has 0 aromatic carbocycles. The molecular weight excluding hydrogens is 236 g/mol. The van der Waals surface area contributed by atoms with Gasteiger partial charge >= 0.3 is 5.69 Å². The topological polar surface area (TPSA) is 65.7 Å². The minimum Gasteiger partial charge on any atom is -0.310 e. The molecule has 0 unspecified atom stereocenters. The first kappa shape index (κ1) is 10.2. The van der Waals surface area contributed by atoms with Gasteiger partial charge in [0.25, 0.3) is 5.56 Å². The average Bonchev–Trinajstić information content (AvgIpc) is 1.94. The van der Waals surface area contributed by atoms with E-state index >= 15 is 0 Å². The predicted octanol–water partition coefficient (Wildman–Crippen LogP) is 1.12. The number of hydrogen-bond acceptors (Lipinski definition) is 2. The van der Waals surface area contributed by atoms with Gasteiger partial charge in [-0.15, -0.1) is 0 Å². The smallest absolute Gasteiger partial charge is 0.310 e. The van der Waals surface area contributed by atoms with Gasteiger partial charge in [-0.05, 0) is 15.9 Å². The highest BCUT2D eigenvalue weighted by molar-refractivity contribution is 9.10. The molecule has 0 saturated heterocycles. The van der Waals surface area contributed by atoms with Crippen LogP contribution in [0.2, 0.25) is 0 Å². The van der Waals surface area contributed by atoms with Gasteiger partial charge in [-0.25, -0.2) is 4.79 Å². The lowest BCUT2D eigenvalue weighted by Crippen LogP contribution is -2.29. The summed E-state index contributed by atoms with van der Waals surface area (Å²) in [7, 11) is 0. The van der Waals surface area contributed by atoms with Crippen molar-refractivity contribution in [2.24, 2.45) is 0 Å². The van der Waals surface area contributed by atoms with Gasteiger partial charge in [-0.2, -0.15) is 0 Å². The van der Waals surface area contributed by atoms with Crippen molar-refractivity contribution in [1.29, 1.82) is 0 Å². The first-order valence-electron chi connectivity index (χ1n) is 3.85. The molecule has 5 heteroatoms. The maximum Gasteiger partial charge on any atom is 0.325 e. The SMILES string of the molecule is CC(C)(C)c1[nH]c(=O)[nH]c(=O)c1Br. The molecule has 2 N–H and O–H groups in total. The van der Waals surface area contributed by atoms with Crippen LogP contribution < -0.4 is 11.2 Å². The molecule has 1 aromatic heterocycles. The van der Waals surface area contributed by atoms with Crippen molar-refractivity contribution in [2.75, 3.05) is 0 Å². The highest BCUT2D eigenvalue weighted by Crippen LogP contribution is 2.23. The number of H-pyrrole nitrogens is 2. The maximum atomic E-state index is 11.2.